The van der Waals surface area contributed by atoms with Gasteiger partial charge in [0, 0.05) is 0 Å². The fourth-order valence-corrected chi connectivity index (χ4v) is 1.64. The molecule has 7 heteroatoms. The first kappa shape index (κ1) is 19.2. The minimum Gasteiger partial charge on any atom is -0.339 e. The number of halogens is 3. The van der Waals surface area contributed by atoms with Crippen LogP contribution in [0.25, 0.3) is 0 Å². The number of hydrogen-bond donors (Lipinski definition) is 2. The van der Waals surface area contributed by atoms with Gasteiger partial charge in [-0.1, -0.05) is 33.0 Å². The third-order valence-corrected chi connectivity index (χ3v) is 2.83. The van der Waals surface area contributed by atoms with Gasteiger partial charge in [0.25, 0.3) is 0 Å². The summed E-state index contributed by atoms with van der Waals surface area (Å²) in [6.45, 7) is 10.1. The van der Waals surface area contributed by atoms with Crippen LogP contribution in [-0.4, -0.2) is 28.9 Å². The van der Waals surface area contributed by atoms with Crippen LogP contribution < -0.4 is 5.32 Å². The maximum absolute atomic E-state index is 12.9. The van der Waals surface area contributed by atoms with E-state index < -0.39 is 17.5 Å². The maximum Gasteiger partial charge on any atom is 0.196 e. The van der Waals surface area contributed by atoms with Crippen molar-refractivity contribution in [2.24, 2.45) is 0 Å². The molecule has 0 saturated carbocycles. The van der Waals surface area contributed by atoms with Crippen LogP contribution in [0.1, 0.15) is 20.8 Å². The first-order chi connectivity index (χ1) is 9.37. The highest BCUT2D eigenvalue weighted by molar-refractivity contribution is 8.11. The van der Waals surface area contributed by atoms with Gasteiger partial charge in [0.1, 0.15) is 4.32 Å². The molecule has 2 nitrogen and oxygen atoms in total. The molecule has 20 heavy (non-hydrogen) atoms. The SMILES string of the molecule is CCN(CC)CC.Fc1ccc(NC(=S)S)c(F)c1F. The third-order valence-electron chi connectivity index (χ3n) is 2.62. The van der Waals surface area contributed by atoms with Crippen LogP contribution >= 0.6 is 24.8 Å². The highest BCUT2D eigenvalue weighted by Gasteiger charge is 2.12. The third kappa shape index (κ3) is 6.58. The van der Waals surface area contributed by atoms with E-state index in [0.29, 0.717) is 0 Å². The molecule has 0 aromatic heterocycles. The Kier molecular flexibility index (Phi) is 9.62. The molecule has 0 aliphatic carbocycles. The van der Waals surface area contributed by atoms with Crippen LogP contribution in [0, 0.1) is 17.5 Å². The van der Waals surface area contributed by atoms with Gasteiger partial charge in [0.05, 0.1) is 5.69 Å². The number of rotatable bonds is 4. The van der Waals surface area contributed by atoms with Crippen molar-refractivity contribution in [1.29, 1.82) is 0 Å². The molecular weight excluding hydrogens is 305 g/mol. The summed E-state index contributed by atoms with van der Waals surface area (Å²) >= 11 is 8.14. The molecule has 0 fully saturated rings. The van der Waals surface area contributed by atoms with Crippen molar-refractivity contribution in [1.82, 2.24) is 4.90 Å². The van der Waals surface area contributed by atoms with Crippen LogP contribution in [-0.2, 0) is 0 Å². The highest BCUT2D eigenvalue weighted by atomic mass is 32.1. The first-order valence-corrected chi connectivity index (χ1v) is 7.08. The van der Waals surface area contributed by atoms with Gasteiger partial charge in [-0.2, -0.15) is 0 Å². The molecule has 1 rings (SSSR count). The van der Waals surface area contributed by atoms with Crippen LogP contribution in [0.3, 0.4) is 0 Å². The molecule has 0 radical (unpaired) electrons. The standard InChI is InChI=1S/C7H4F3NS2.C6H15N/c8-3-1-2-4(11-7(12)13)6(10)5(3)9;1-4-7(5-2)6-3/h1-2H,(H2,11,12,13);4-6H2,1-3H3. The minimum atomic E-state index is -1.53. The normalized spacial score (nSPS) is 10.0. The topological polar surface area (TPSA) is 15.3 Å². The molecular formula is C13H19F3N2S2. The van der Waals surface area contributed by atoms with E-state index in [1.54, 1.807) is 0 Å². The zero-order chi connectivity index (χ0) is 15.7. The van der Waals surface area contributed by atoms with E-state index in [0.717, 1.165) is 12.1 Å². The lowest BCUT2D eigenvalue weighted by molar-refractivity contribution is 0.321. The number of hydrogen-bond acceptors (Lipinski definition) is 2. The summed E-state index contributed by atoms with van der Waals surface area (Å²) < 4.78 is 37.8. The second-order valence-electron chi connectivity index (χ2n) is 3.77. The largest absolute Gasteiger partial charge is 0.339 e. The van der Waals surface area contributed by atoms with Crippen LogP contribution in [0.5, 0.6) is 0 Å². The Morgan fingerprint density at radius 3 is 1.95 bits per heavy atom. The molecule has 1 aromatic carbocycles. The van der Waals surface area contributed by atoms with Crippen molar-refractivity contribution in [3.05, 3.63) is 29.6 Å². The molecule has 0 aliphatic rings. The predicted octanol–water partition coefficient (Wildman–Crippen LogP) is 4.08. The van der Waals surface area contributed by atoms with E-state index in [4.69, 9.17) is 0 Å². The summed E-state index contributed by atoms with van der Waals surface area (Å²) in [7, 11) is 0. The minimum absolute atomic E-state index is 0.0232. The van der Waals surface area contributed by atoms with E-state index in [9.17, 15) is 13.2 Å². The van der Waals surface area contributed by atoms with Crippen molar-refractivity contribution in [3.8, 4) is 0 Å². The molecule has 0 heterocycles. The van der Waals surface area contributed by atoms with Gasteiger partial charge in [-0.15, -0.1) is 12.6 Å². The summed E-state index contributed by atoms with van der Waals surface area (Å²) in [6.07, 6.45) is 0. The van der Waals surface area contributed by atoms with Crippen LogP contribution in [0.15, 0.2) is 12.1 Å². The zero-order valence-electron chi connectivity index (χ0n) is 11.7. The van der Waals surface area contributed by atoms with Gasteiger partial charge in [0.15, 0.2) is 17.5 Å². The van der Waals surface area contributed by atoms with E-state index in [-0.39, 0.29) is 10.0 Å². The number of thiocarbonyl (C=S) groups is 1. The van der Waals surface area contributed by atoms with Gasteiger partial charge in [0.2, 0.25) is 0 Å². The fourth-order valence-electron chi connectivity index (χ4n) is 1.41. The van der Waals surface area contributed by atoms with Gasteiger partial charge < -0.3 is 10.2 Å². The van der Waals surface area contributed by atoms with Gasteiger partial charge in [-0.25, -0.2) is 13.2 Å². The Labute approximate surface area is 128 Å². The molecule has 114 valence electrons. The summed E-state index contributed by atoms with van der Waals surface area (Å²) in [4.78, 5) is 2.38. The molecule has 0 aliphatic heterocycles. The molecule has 0 spiro atoms. The molecule has 0 bridgehead atoms. The fraction of sp³-hybridized carbons (Fsp3) is 0.462. The quantitative estimate of drug-likeness (QED) is 0.493. The van der Waals surface area contributed by atoms with E-state index >= 15 is 0 Å². The smallest absolute Gasteiger partial charge is 0.196 e. The zero-order valence-corrected chi connectivity index (χ0v) is 13.4. The number of nitrogens with zero attached hydrogens (tertiary/aromatic N) is 1. The van der Waals surface area contributed by atoms with Gasteiger partial charge in [-0.3, -0.25) is 0 Å². The Morgan fingerprint density at radius 2 is 1.60 bits per heavy atom. The number of thiol groups is 1. The Balaban J connectivity index is 0.000000441. The number of benzene rings is 1. The second-order valence-corrected chi connectivity index (χ2v) is 4.93. The second kappa shape index (κ2) is 10.0. The lowest BCUT2D eigenvalue weighted by Gasteiger charge is -2.13. The monoisotopic (exact) mass is 324 g/mol. The average Bonchev–Trinajstić information content (AvgIpc) is 2.42. The Morgan fingerprint density at radius 1 is 1.10 bits per heavy atom. The molecule has 1 aromatic rings. The van der Waals surface area contributed by atoms with Crippen molar-refractivity contribution in [2.75, 3.05) is 25.0 Å². The highest BCUT2D eigenvalue weighted by Crippen LogP contribution is 2.19. The van der Waals surface area contributed by atoms with E-state index in [2.05, 4.69) is 55.8 Å². The van der Waals surface area contributed by atoms with E-state index in [1.165, 1.54) is 19.6 Å². The molecule has 0 amide bonds. The lowest BCUT2D eigenvalue weighted by atomic mass is 10.3. The number of anilines is 1. The summed E-state index contributed by atoms with van der Waals surface area (Å²) in [5.74, 6) is -4.08. The lowest BCUT2D eigenvalue weighted by Crippen LogP contribution is -2.21. The average molecular weight is 324 g/mol. The van der Waals surface area contributed by atoms with Crippen LogP contribution in [0.4, 0.5) is 18.9 Å². The van der Waals surface area contributed by atoms with Crippen molar-refractivity contribution in [3.63, 3.8) is 0 Å². The first-order valence-electron chi connectivity index (χ1n) is 6.23. The van der Waals surface area contributed by atoms with Crippen molar-refractivity contribution < 1.29 is 13.2 Å². The van der Waals surface area contributed by atoms with Crippen molar-refractivity contribution in [2.45, 2.75) is 20.8 Å². The van der Waals surface area contributed by atoms with E-state index in [1.807, 2.05) is 0 Å². The number of nitrogens with one attached hydrogen (secondary N) is 1. The molecule has 0 atom stereocenters. The molecule has 0 unspecified atom stereocenters. The summed E-state index contributed by atoms with van der Waals surface area (Å²) in [5.41, 5.74) is -0.237. The summed E-state index contributed by atoms with van der Waals surface area (Å²) in [6, 6.07) is 1.84. The molecule has 1 N–H and O–H groups in total. The summed E-state index contributed by atoms with van der Waals surface area (Å²) in [5, 5.41) is 2.26. The van der Waals surface area contributed by atoms with Gasteiger partial charge >= 0.3 is 0 Å². The molecule has 0 saturated heterocycles. The van der Waals surface area contributed by atoms with Crippen molar-refractivity contribution >= 4 is 34.9 Å². The van der Waals surface area contributed by atoms with Crippen LogP contribution in [0.2, 0.25) is 0 Å². The Bertz CT molecular complexity index is 432. The predicted molar refractivity (Wildman–Crippen MR) is 85.0 cm³/mol. The van der Waals surface area contributed by atoms with Gasteiger partial charge in [-0.05, 0) is 31.8 Å². The Hall–Kier alpha value is -0.790. The maximum atomic E-state index is 12.9.